The lowest BCUT2D eigenvalue weighted by atomic mass is 10.1. The largest absolute Gasteiger partial charge is 0.507 e. The van der Waals surface area contributed by atoms with Gasteiger partial charge in [0, 0.05) is 5.56 Å². The van der Waals surface area contributed by atoms with Crippen LogP contribution in [0.25, 0.3) is 6.08 Å². The maximum Gasteiger partial charge on any atom is 0.189 e. The summed E-state index contributed by atoms with van der Waals surface area (Å²) in [6.45, 7) is 0. The monoisotopic (exact) mass is 270 g/mol. The van der Waals surface area contributed by atoms with E-state index in [1.807, 2.05) is 0 Å². The van der Waals surface area contributed by atoms with Crippen LogP contribution in [0.15, 0.2) is 48.5 Å². The van der Waals surface area contributed by atoms with Gasteiger partial charge in [0.05, 0.1) is 12.7 Å². The molecule has 2 aromatic carbocycles. The van der Waals surface area contributed by atoms with Crippen LogP contribution < -0.4 is 4.74 Å². The summed E-state index contributed by atoms with van der Waals surface area (Å²) in [6, 6.07) is 11.3. The molecule has 0 fully saturated rings. The van der Waals surface area contributed by atoms with Gasteiger partial charge in [-0.3, -0.25) is 4.79 Å². The van der Waals surface area contributed by atoms with Gasteiger partial charge in [-0.2, -0.15) is 0 Å². The third-order valence-electron chi connectivity index (χ3n) is 2.83. The van der Waals surface area contributed by atoms with Gasteiger partial charge in [-0.05, 0) is 30.4 Å². The number of ether oxygens (including phenoxy) is 1. The van der Waals surface area contributed by atoms with Gasteiger partial charge in [-0.15, -0.1) is 0 Å². The number of allylic oxidation sites excluding steroid dienone is 1. The molecule has 0 heterocycles. The van der Waals surface area contributed by atoms with Crippen molar-refractivity contribution in [2.45, 2.75) is 0 Å². The molecule has 0 atom stereocenters. The Morgan fingerprint density at radius 3 is 2.55 bits per heavy atom. The van der Waals surface area contributed by atoms with Crippen LogP contribution in [0.5, 0.6) is 17.2 Å². The Bertz CT molecular complexity index is 659. The second kappa shape index (κ2) is 5.93. The van der Waals surface area contributed by atoms with Gasteiger partial charge in [-0.1, -0.05) is 24.3 Å². The maximum absolute atomic E-state index is 11.9. The first-order valence-corrected chi connectivity index (χ1v) is 6.00. The Hall–Kier alpha value is -2.75. The zero-order valence-electron chi connectivity index (χ0n) is 10.9. The van der Waals surface area contributed by atoms with Gasteiger partial charge in [0.1, 0.15) is 5.75 Å². The highest BCUT2D eigenvalue weighted by Crippen LogP contribution is 2.30. The number of carbonyl (C=O) groups excluding carboxylic acids is 1. The third-order valence-corrected chi connectivity index (χ3v) is 2.83. The molecule has 0 aliphatic rings. The summed E-state index contributed by atoms with van der Waals surface area (Å²) >= 11 is 0. The van der Waals surface area contributed by atoms with Crippen molar-refractivity contribution < 1.29 is 19.7 Å². The van der Waals surface area contributed by atoms with E-state index in [9.17, 15) is 15.0 Å². The van der Waals surface area contributed by atoms with Crippen molar-refractivity contribution in [3.05, 3.63) is 59.7 Å². The molecule has 0 aromatic heterocycles. The highest BCUT2D eigenvalue weighted by atomic mass is 16.5. The van der Waals surface area contributed by atoms with Crippen molar-refractivity contribution in [1.29, 1.82) is 0 Å². The average molecular weight is 270 g/mol. The molecular weight excluding hydrogens is 256 g/mol. The summed E-state index contributed by atoms with van der Waals surface area (Å²) in [5, 5.41) is 19.5. The van der Waals surface area contributed by atoms with Crippen molar-refractivity contribution in [3.8, 4) is 17.2 Å². The van der Waals surface area contributed by atoms with E-state index < -0.39 is 0 Å². The molecule has 2 N–H and O–H groups in total. The zero-order chi connectivity index (χ0) is 14.5. The molecule has 2 aromatic rings. The van der Waals surface area contributed by atoms with Gasteiger partial charge in [0.15, 0.2) is 17.3 Å². The molecule has 0 unspecified atom stereocenters. The Kier molecular flexibility index (Phi) is 4.05. The predicted molar refractivity (Wildman–Crippen MR) is 76.1 cm³/mol. The van der Waals surface area contributed by atoms with E-state index in [0.29, 0.717) is 11.3 Å². The molecule has 0 bridgehead atoms. The third kappa shape index (κ3) is 2.80. The number of aromatic hydroxyl groups is 2. The average Bonchev–Trinajstić information content (AvgIpc) is 2.46. The highest BCUT2D eigenvalue weighted by Gasteiger charge is 2.08. The van der Waals surface area contributed by atoms with Crippen molar-refractivity contribution in [3.63, 3.8) is 0 Å². The van der Waals surface area contributed by atoms with Gasteiger partial charge < -0.3 is 14.9 Å². The number of rotatable bonds is 4. The van der Waals surface area contributed by atoms with Crippen LogP contribution >= 0.6 is 0 Å². The first-order chi connectivity index (χ1) is 9.63. The van der Waals surface area contributed by atoms with Crippen LogP contribution in [-0.2, 0) is 0 Å². The van der Waals surface area contributed by atoms with Gasteiger partial charge in [-0.25, -0.2) is 0 Å². The summed E-state index contributed by atoms with van der Waals surface area (Å²) in [5.74, 6) is -0.110. The number of benzene rings is 2. The summed E-state index contributed by atoms with van der Waals surface area (Å²) in [7, 11) is 1.45. The first-order valence-electron chi connectivity index (χ1n) is 6.00. The number of ketones is 1. The van der Waals surface area contributed by atoms with E-state index in [1.54, 1.807) is 30.3 Å². The predicted octanol–water partition coefficient (Wildman–Crippen LogP) is 3.00. The Morgan fingerprint density at radius 2 is 1.85 bits per heavy atom. The molecule has 0 radical (unpaired) electrons. The summed E-state index contributed by atoms with van der Waals surface area (Å²) in [6.07, 6.45) is 2.77. The van der Waals surface area contributed by atoms with E-state index in [4.69, 9.17) is 4.74 Å². The number of hydrogen-bond donors (Lipinski definition) is 2. The topological polar surface area (TPSA) is 66.8 Å². The molecule has 4 heteroatoms. The number of phenols is 2. The lowest BCUT2D eigenvalue weighted by Gasteiger charge is -2.05. The molecule has 0 aliphatic heterocycles. The van der Waals surface area contributed by atoms with E-state index >= 15 is 0 Å². The zero-order valence-corrected chi connectivity index (χ0v) is 10.9. The van der Waals surface area contributed by atoms with E-state index in [-0.39, 0.29) is 22.8 Å². The first kappa shape index (κ1) is 13.7. The fraction of sp³-hybridized carbons (Fsp3) is 0.0625. The highest BCUT2D eigenvalue weighted by molar-refractivity contribution is 6.08. The quantitative estimate of drug-likeness (QED) is 0.662. The maximum atomic E-state index is 11.9. The summed E-state index contributed by atoms with van der Waals surface area (Å²) in [5.41, 5.74) is 0.680. The van der Waals surface area contributed by atoms with Crippen molar-refractivity contribution >= 4 is 11.9 Å². The minimum absolute atomic E-state index is 0.0312. The summed E-state index contributed by atoms with van der Waals surface area (Å²) in [4.78, 5) is 11.9. The second-order valence-electron chi connectivity index (χ2n) is 4.11. The lowest BCUT2D eigenvalue weighted by Crippen LogP contribution is -1.94. The molecule has 0 saturated heterocycles. The van der Waals surface area contributed by atoms with Crippen molar-refractivity contribution in [2.75, 3.05) is 7.11 Å². The van der Waals surface area contributed by atoms with E-state index in [1.165, 1.54) is 31.4 Å². The molecule has 0 spiro atoms. The van der Waals surface area contributed by atoms with Crippen molar-refractivity contribution in [2.24, 2.45) is 0 Å². The SMILES string of the molecule is COc1cccc(/C=C\C(=O)c2ccccc2O)c1O. The van der Waals surface area contributed by atoms with Crippen LogP contribution in [0.2, 0.25) is 0 Å². The standard InChI is InChI=1S/C16H14O4/c1-20-15-8-4-5-11(16(15)19)9-10-14(18)12-6-2-3-7-13(12)17/h2-10,17,19H,1H3/b10-9-. The normalized spacial score (nSPS) is 10.7. The van der Waals surface area contributed by atoms with Gasteiger partial charge in [0.25, 0.3) is 0 Å². The van der Waals surface area contributed by atoms with Crippen LogP contribution in [0, 0.1) is 0 Å². The van der Waals surface area contributed by atoms with Gasteiger partial charge in [0.2, 0.25) is 0 Å². The number of carbonyl (C=O) groups is 1. The fourth-order valence-corrected chi connectivity index (χ4v) is 1.78. The number of phenolic OH excluding ortho intramolecular Hbond substituents is 2. The molecule has 4 nitrogen and oxygen atoms in total. The molecule has 2 rings (SSSR count). The Balaban J connectivity index is 2.26. The lowest BCUT2D eigenvalue weighted by molar-refractivity contribution is 0.104. The van der Waals surface area contributed by atoms with Crippen LogP contribution in [-0.4, -0.2) is 23.1 Å². The molecule has 0 aliphatic carbocycles. The van der Waals surface area contributed by atoms with E-state index in [2.05, 4.69) is 0 Å². The Labute approximate surface area is 116 Å². The minimum Gasteiger partial charge on any atom is -0.507 e. The smallest absolute Gasteiger partial charge is 0.189 e. The molecule has 0 saturated carbocycles. The van der Waals surface area contributed by atoms with Crippen molar-refractivity contribution in [1.82, 2.24) is 0 Å². The molecule has 102 valence electrons. The second-order valence-corrected chi connectivity index (χ2v) is 4.11. The van der Waals surface area contributed by atoms with E-state index in [0.717, 1.165) is 0 Å². The summed E-state index contributed by atoms with van der Waals surface area (Å²) < 4.78 is 4.99. The number of hydrogen-bond acceptors (Lipinski definition) is 4. The Morgan fingerprint density at radius 1 is 1.10 bits per heavy atom. The van der Waals surface area contributed by atoms with Gasteiger partial charge >= 0.3 is 0 Å². The molecule has 0 amide bonds. The number of methoxy groups -OCH3 is 1. The molecule has 20 heavy (non-hydrogen) atoms. The van der Waals surface area contributed by atoms with Crippen LogP contribution in [0.1, 0.15) is 15.9 Å². The fourth-order valence-electron chi connectivity index (χ4n) is 1.78. The number of para-hydroxylation sites is 2. The van der Waals surface area contributed by atoms with Crippen LogP contribution in [0.4, 0.5) is 0 Å². The minimum atomic E-state index is -0.342. The molecular formula is C16H14O4. The van der Waals surface area contributed by atoms with Crippen LogP contribution in [0.3, 0.4) is 0 Å².